The van der Waals surface area contributed by atoms with E-state index in [1.165, 1.54) is 5.56 Å². The zero-order valence-electron chi connectivity index (χ0n) is 11.4. The predicted octanol–water partition coefficient (Wildman–Crippen LogP) is 3.82. The molecule has 2 nitrogen and oxygen atoms in total. The Morgan fingerprint density at radius 3 is 2.37 bits per heavy atom. The molecule has 0 bridgehead atoms. The molecule has 0 aliphatic heterocycles. The summed E-state index contributed by atoms with van der Waals surface area (Å²) in [4.78, 5) is 12.1. The van der Waals surface area contributed by atoms with Crippen molar-refractivity contribution in [1.82, 2.24) is 0 Å². The van der Waals surface area contributed by atoms with Crippen LogP contribution in [0.4, 0.5) is 5.69 Å². The lowest BCUT2D eigenvalue weighted by atomic mass is 9.98. The van der Waals surface area contributed by atoms with Gasteiger partial charge >= 0.3 is 0 Å². The molecule has 0 aliphatic carbocycles. The number of Topliss-reactive ketones (excluding diaryl/α,β-unsaturated/α-hetero) is 1. The Labute approximate surface area is 114 Å². The predicted molar refractivity (Wildman–Crippen MR) is 79.4 cm³/mol. The van der Waals surface area contributed by atoms with Gasteiger partial charge in [-0.1, -0.05) is 50.2 Å². The van der Waals surface area contributed by atoms with Crippen LogP contribution in [0.1, 0.15) is 41.3 Å². The molecule has 2 aromatic rings. The number of carbonyl (C=O) groups is 1. The highest BCUT2D eigenvalue weighted by molar-refractivity contribution is 5.98. The van der Waals surface area contributed by atoms with Crippen molar-refractivity contribution in [2.75, 3.05) is 5.73 Å². The van der Waals surface area contributed by atoms with E-state index >= 15 is 0 Å². The Balaban J connectivity index is 2.10. The van der Waals surface area contributed by atoms with Crippen LogP contribution in [0.15, 0.2) is 48.5 Å². The van der Waals surface area contributed by atoms with E-state index in [2.05, 4.69) is 26.0 Å². The van der Waals surface area contributed by atoms with Crippen molar-refractivity contribution in [3.05, 3.63) is 65.2 Å². The first kappa shape index (κ1) is 13.3. The Hall–Kier alpha value is -2.09. The lowest BCUT2D eigenvalue weighted by Gasteiger charge is -2.07. The summed E-state index contributed by atoms with van der Waals surface area (Å²) in [6.45, 7) is 4.32. The van der Waals surface area contributed by atoms with Crippen LogP contribution in [-0.4, -0.2) is 5.78 Å². The van der Waals surface area contributed by atoms with Crippen molar-refractivity contribution in [3.8, 4) is 0 Å². The monoisotopic (exact) mass is 253 g/mol. The second-order valence-corrected chi connectivity index (χ2v) is 5.12. The van der Waals surface area contributed by atoms with E-state index < -0.39 is 0 Å². The first-order valence-electron chi connectivity index (χ1n) is 6.54. The van der Waals surface area contributed by atoms with E-state index in [0.717, 1.165) is 5.56 Å². The van der Waals surface area contributed by atoms with Gasteiger partial charge in [0.05, 0.1) is 0 Å². The lowest BCUT2D eigenvalue weighted by molar-refractivity contribution is 0.0993. The number of nitrogens with two attached hydrogens (primary N) is 1. The zero-order valence-corrected chi connectivity index (χ0v) is 11.4. The van der Waals surface area contributed by atoms with Gasteiger partial charge in [0.2, 0.25) is 0 Å². The molecule has 2 heteroatoms. The van der Waals surface area contributed by atoms with Gasteiger partial charge in [0.15, 0.2) is 5.78 Å². The molecule has 19 heavy (non-hydrogen) atoms. The zero-order chi connectivity index (χ0) is 13.8. The number of carbonyl (C=O) groups excluding carboxylic acids is 1. The molecule has 0 amide bonds. The molecule has 0 spiro atoms. The van der Waals surface area contributed by atoms with Gasteiger partial charge in [0, 0.05) is 17.7 Å². The highest BCUT2D eigenvalue weighted by atomic mass is 16.1. The smallest absolute Gasteiger partial charge is 0.167 e. The summed E-state index contributed by atoms with van der Waals surface area (Å²) in [5.74, 6) is 0.614. The SMILES string of the molecule is CC(C)c1ccc(CC(=O)c2cccc(N)c2)cc1. The van der Waals surface area contributed by atoms with Gasteiger partial charge in [-0.15, -0.1) is 0 Å². The van der Waals surface area contributed by atoms with Crippen LogP contribution in [0.25, 0.3) is 0 Å². The second kappa shape index (κ2) is 5.70. The topological polar surface area (TPSA) is 43.1 Å². The summed E-state index contributed by atoms with van der Waals surface area (Å²) in [5.41, 5.74) is 9.32. The van der Waals surface area contributed by atoms with E-state index in [-0.39, 0.29) is 5.78 Å². The first-order chi connectivity index (χ1) is 9.06. The average molecular weight is 253 g/mol. The Morgan fingerprint density at radius 2 is 1.79 bits per heavy atom. The fraction of sp³-hybridized carbons (Fsp3) is 0.235. The third-order valence-electron chi connectivity index (χ3n) is 3.22. The van der Waals surface area contributed by atoms with Crippen molar-refractivity contribution in [2.45, 2.75) is 26.2 Å². The van der Waals surface area contributed by atoms with Gasteiger partial charge < -0.3 is 5.73 Å². The molecular weight excluding hydrogens is 234 g/mol. The summed E-state index contributed by atoms with van der Waals surface area (Å²) >= 11 is 0. The number of anilines is 1. The van der Waals surface area contributed by atoms with Crippen LogP contribution in [0, 0.1) is 0 Å². The van der Waals surface area contributed by atoms with Crippen molar-refractivity contribution in [1.29, 1.82) is 0 Å². The van der Waals surface area contributed by atoms with Crippen LogP contribution in [0.2, 0.25) is 0 Å². The van der Waals surface area contributed by atoms with Crippen molar-refractivity contribution >= 4 is 11.5 Å². The van der Waals surface area contributed by atoms with E-state index in [0.29, 0.717) is 23.6 Å². The number of rotatable bonds is 4. The molecule has 0 saturated heterocycles. The minimum atomic E-state index is 0.101. The molecular formula is C17H19NO. The third kappa shape index (κ3) is 3.44. The summed E-state index contributed by atoms with van der Waals surface area (Å²) in [6.07, 6.45) is 0.418. The molecule has 0 saturated carbocycles. The normalized spacial score (nSPS) is 10.7. The highest BCUT2D eigenvalue weighted by Crippen LogP contribution is 2.16. The highest BCUT2D eigenvalue weighted by Gasteiger charge is 2.07. The molecule has 0 heterocycles. The van der Waals surface area contributed by atoms with Crippen LogP contribution in [0.5, 0.6) is 0 Å². The molecule has 0 radical (unpaired) electrons. The maximum Gasteiger partial charge on any atom is 0.167 e. The molecule has 0 unspecified atom stereocenters. The van der Waals surface area contributed by atoms with Crippen molar-refractivity contribution in [2.24, 2.45) is 0 Å². The summed E-state index contributed by atoms with van der Waals surface area (Å²) in [6, 6.07) is 15.4. The molecule has 0 fully saturated rings. The van der Waals surface area contributed by atoms with Gasteiger partial charge in [-0.2, -0.15) is 0 Å². The van der Waals surface area contributed by atoms with Crippen LogP contribution < -0.4 is 5.73 Å². The van der Waals surface area contributed by atoms with E-state index in [4.69, 9.17) is 5.73 Å². The fourth-order valence-corrected chi connectivity index (χ4v) is 2.02. The molecule has 2 aromatic carbocycles. The minimum Gasteiger partial charge on any atom is -0.399 e. The van der Waals surface area contributed by atoms with Gasteiger partial charge in [-0.05, 0) is 29.2 Å². The Kier molecular flexibility index (Phi) is 4.00. The van der Waals surface area contributed by atoms with Crippen molar-refractivity contribution in [3.63, 3.8) is 0 Å². The third-order valence-corrected chi connectivity index (χ3v) is 3.22. The number of hydrogen-bond acceptors (Lipinski definition) is 2. The van der Waals surface area contributed by atoms with Crippen LogP contribution in [-0.2, 0) is 6.42 Å². The van der Waals surface area contributed by atoms with Crippen LogP contribution >= 0.6 is 0 Å². The van der Waals surface area contributed by atoms with Gasteiger partial charge in [-0.25, -0.2) is 0 Å². The van der Waals surface area contributed by atoms with Crippen LogP contribution in [0.3, 0.4) is 0 Å². The lowest BCUT2D eigenvalue weighted by Crippen LogP contribution is -2.04. The summed E-state index contributed by atoms with van der Waals surface area (Å²) in [5, 5.41) is 0. The Morgan fingerprint density at radius 1 is 1.11 bits per heavy atom. The Bertz CT molecular complexity index is 570. The maximum atomic E-state index is 12.1. The second-order valence-electron chi connectivity index (χ2n) is 5.12. The molecule has 0 aliphatic rings. The summed E-state index contributed by atoms with van der Waals surface area (Å²) < 4.78 is 0. The number of hydrogen-bond donors (Lipinski definition) is 1. The maximum absolute atomic E-state index is 12.1. The minimum absolute atomic E-state index is 0.101. The molecule has 0 aromatic heterocycles. The number of benzene rings is 2. The van der Waals surface area contributed by atoms with E-state index in [1.54, 1.807) is 18.2 Å². The van der Waals surface area contributed by atoms with Gasteiger partial charge in [0.25, 0.3) is 0 Å². The fourth-order valence-electron chi connectivity index (χ4n) is 2.02. The standard InChI is InChI=1S/C17H19NO/c1-12(2)14-8-6-13(7-9-14)10-17(19)15-4-3-5-16(18)11-15/h3-9,11-12H,10,18H2,1-2H3. The average Bonchev–Trinajstić information content (AvgIpc) is 2.39. The summed E-state index contributed by atoms with van der Waals surface area (Å²) in [7, 11) is 0. The van der Waals surface area contributed by atoms with Crippen molar-refractivity contribution < 1.29 is 4.79 Å². The quantitative estimate of drug-likeness (QED) is 0.665. The van der Waals surface area contributed by atoms with Gasteiger partial charge in [0.1, 0.15) is 0 Å². The van der Waals surface area contributed by atoms with E-state index in [9.17, 15) is 4.79 Å². The number of nitrogen functional groups attached to an aromatic ring is 1. The molecule has 2 rings (SSSR count). The van der Waals surface area contributed by atoms with E-state index in [1.807, 2.05) is 18.2 Å². The number of ketones is 1. The first-order valence-corrected chi connectivity index (χ1v) is 6.54. The largest absolute Gasteiger partial charge is 0.399 e. The van der Waals surface area contributed by atoms with Gasteiger partial charge in [-0.3, -0.25) is 4.79 Å². The molecule has 0 atom stereocenters. The molecule has 98 valence electrons. The molecule has 2 N–H and O–H groups in total.